The maximum Gasteiger partial charge on any atom is 0.306 e. The molecule has 366 valence electrons. The van der Waals surface area contributed by atoms with E-state index in [1.807, 2.05) is 60.8 Å². The average molecular weight is 899 g/mol. The Hall–Kier alpha value is -4.19. The summed E-state index contributed by atoms with van der Waals surface area (Å²) < 4.78 is 16.7. The lowest BCUT2D eigenvalue weighted by molar-refractivity contribution is -0.167. The molecule has 6 heteroatoms. The Morgan fingerprint density at radius 3 is 0.969 bits per heavy atom. The summed E-state index contributed by atoms with van der Waals surface area (Å²) >= 11 is 0. The van der Waals surface area contributed by atoms with Crippen molar-refractivity contribution in [1.82, 2.24) is 0 Å². The van der Waals surface area contributed by atoms with Crippen LogP contribution in [0.15, 0.2) is 122 Å². The van der Waals surface area contributed by atoms with Gasteiger partial charge in [-0.2, -0.15) is 0 Å². The molecule has 6 nitrogen and oxygen atoms in total. The maximum atomic E-state index is 12.8. The van der Waals surface area contributed by atoms with E-state index in [9.17, 15) is 14.4 Å². The van der Waals surface area contributed by atoms with E-state index in [-0.39, 0.29) is 37.5 Å². The largest absolute Gasteiger partial charge is 0.462 e. The molecule has 0 aliphatic heterocycles. The molecule has 0 aliphatic carbocycles. The van der Waals surface area contributed by atoms with Gasteiger partial charge in [-0.15, -0.1) is 0 Å². The predicted octanol–water partition coefficient (Wildman–Crippen LogP) is 17.3. The summed E-state index contributed by atoms with van der Waals surface area (Å²) in [7, 11) is 0. The summed E-state index contributed by atoms with van der Waals surface area (Å²) in [6, 6.07) is 0. The molecule has 0 aromatic carbocycles. The number of carbonyl (C=O) groups is 3. The molecule has 0 heterocycles. The van der Waals surface area contributed by atoms with E-state index in [0.717, 1.165) is 96.3 Å². The molecule has 0 aromatic rings. The quantitative estimate of drug-likeness (QED) is 0.0262. The number of carbonyl (C=O) groups excluding carboxylic acids is 3. The van der Waals surface area contributed by atoms with Crippen molar-refractivity contribution in [3.63, 3.8) is 0 Å². The molecule has 0 spiro atoms. The second kappa shape index (κ2) is 52.4. The second-order valence-corrected chi connectivity index (χ2v) is 16.9. The number of hydrogen-bond acceptors (Lipinski definition) is 6. The Labute approximate surface area is 399 Å². The Balaban J connectivity index is 4.47. The minimum atomic E-state index is -0.811. The molecule has 1 unspecified atom stereocenters. The van der Waals surface area contributed by atoms with Gasteiger partial charge in [-0.3, -0.25) is 14.4 Å². The lowest BCUT2D eigenvalue weighted by Crippen LogP contribution is -2.30. The van der Waals surface area contributed by atoms with Crippen LogP contribution in [0.5, 0.6) is 0 Å². The Morgan fingerprint density at radius 1 is 0.323 bits per heavy atom. The standard InChI is InChI=1S/C59H94O6/c1-4-7-10-13-16-19-22-25-27-28-29-30-32-34-37-40-43-46-49-52-58(61)64-55-56(54-63-57(60)51-48-45-42-39-36-33-24-21-18-15-12-9-6-3)65-59(62)53-50-47-44-41-38-35-31-26-23-20-17-14-11-8-5-2/h8-9,11-12,14-26,31,33,36,56H,4-7,10,13,27-30,32,34-35,37-55H2,1-3H3/b11-8+,12-9+,17-14+,18-15+,19-16+,23-20+,24-21+,25-22+,31-26+,36-33+. The van der Waals surface area contributed by atoms with Crippen LogP contribution in [0.3, 0.4) is 0 Å². The summed E-state index contributed by atoms with van der Waals surface area (Å²) in [4.78, 5) is 38.0. The lowest BCUT2D eigenvalue weighted by Gasteiger charge is -2.18. The summed E-state index contributed by atoms with van der Waals surface area (Å²) in [6.07, 6.45) is 71.8. The molecule has 0 rings (SSSR count). The number of ether oxygens (including phenoxy) is 3. The van der Waals surface area contributed by atoms with Gasteiger partial charge in [0.2, 0.25) is 0 Å². The van der Waals surface area contributed by atoms with Gasteiger partial charge in [-0.05, 0) is 83.5 Å². The molecule has 0 saturated heterocycles. The van der Waals surface area contributed by atoms with Crippen molar-refractivity contribution in [2.24, 2.45) is 0 Å². The normalized spacial score (nSPS) is 13.1. The highest BCUT2D eigenvalue weighted by molar-refractivity contribution is 5.71. The fourth-order valence-electron chi connectivity index (χ4n) is 6.75. The predicted molar refractivity (Wildman–Crippen MR) is 279 cm³/mol. The summed E-state index contributed by atoms with van der Waals surface area (Å²) in [5.41, 5.74) is 0. The van der Waals surface area contributed by atoms with Crippen LogP contribution in [0, 0.1) is 0 Å². The summed E-state index contributed by atoms with van der Waals surface area (Å²) in [5.74, 6) is -0.980. The maximum absolute atomic E-state index is 12.8. The van der Waals surface area contributed by atoms with Crippen molar-refractivity contribution >= 4 is 17.9 Å². The van der Waals surface area contributed by atoms with Gasteiger partial charge in [-0.1, -0.05) is 232 Å². The Bertz CT molecular complexity index is 1400. The van der Waals surface area contributed by atoms with Gasteiger partial charge in [-0.25, -0.2) is 0 Å². The number of unbranched alkanes of at least 4 members (excludes halogenated alkanes) is 21. The molecule has 0 aliphatic rings. The van der Waals surface area contributed by atoms with Crippen molar-refractivity contribution < 1.29 is 28.6 Å². The lowest BCUT2D eigenvalue weighted by atomic mass is 10.1. The van der Waals surface area contributed by atoms with Gasteiger partial charge in [0.05, 0.1) is 0 Å². The van der Waals surface area contributed by atoms with Crippen molar-refractivity contribution in [2.45, 2.75) is 219 Å². The molecule has 0 saturated carbocycles. The van der Waals surface area contributed by atoms with Crippen LogP contribution in [0.2, 0.25) is 0 Å². The zero-order valence-corrected chi connectivity index (χ0v) is 41.7. The highest BCUT2D eigenvalue weighted by Gasteiger charge is 2.19. The van der Waals surface area contributed by atoms with Crippen LogP contribution in [0.4, 0.5) is 0 Å². The van der Waals surface area contributed by atoms with E-state index in [1.54, 1.807) is 0 Å². The molecule has 0 fully saturated rings. The van der Waals surface area contributed by atoms with Crippen molar-refractivity contribution in [2.75, 3.05) is 13.2 Å². The van der Waals surface area contributed by atoms with Crippen LogP contribution in [-0.4, -0.2) is 37.2 Å². The van der Waals surface area contributed by atoms with Gasteiger partial charge in [0, 0.05) is 19.3 Å². The number of rotatable bonds is 45. The van der Waals surface area contributed by atoms with Crippen LogP contribution >= 0.6 is 0 Å². The molecular weight excluding hydrogens is 805 g/mol. The van der Waals surface area contributed by atoms with E-state index >= 15 is 0 Å². The first-order chi connectivity index (χ1) is 32.0. The zero-order valence-electron chi connectivity index (χ0n) is 41.7. The highest BCUT2D eigenvalue weighted by atomic mass is 16.6. The van der Waals surface area contributed by atoms with E-state index in [1.165, 1.54) is 77.0 Å². The second-order valence-electron chi connectivity index (χ2n) is 16.9. The SMILES string of the molecule is CC/C=C/C=C/C=C/C=C/CCCCCCCC(=O)OC(COC(=O)CCCCC/C=C/C=C/C=C/C=C/CC)COC(=O)CCCCCCCCCCCC/C=C/C=C/CCCCC. The zero-order chi connectivity index (χ0) is 47.2. The first-order valence-corrected chi connectivity index (χ1v) is 26.2. The molecule has 0 N–H and O–H groups in total. The van der Waals surface area contributed by atoms with Crippen LogP contribution in [0.1, 0.15) is 213 Å². The molecule has 1 atom stereocenters. The van der Waals surface area contributed by atoms with Gasteiger partial charge in [0.25, 0.3) is 0 Å². The fourth-order valence-corrected chi connectivity index (χ4v) is 6.75. The molecule has 0 amide bonds. The third kappa shape index (κ3) is 50.7. The van der Waals surface area contributed by atoms with E-state index < -0.39 is 6.10 Å². The van der Waals surface area contributed by atoms with Crippen LogP contribution in [-0.2, 0) is 28.6 Å². The van der Waals surface area contributed by atoms with Crippen LogP contribution in [0.25, 0.3) is 0 Å². The summed E-state index contributed by atoms with van der Waals surface area (Å²) in [6.45, 7) is 6.26. The van der Waals surface area contributed by atoms with Crippen LogP contribution < -0.4 is 0 Å². The van der Waals surface area contributed by atoms with Gasteiger partial charge < -0.3 is 14.2 Å². The Kier molecular flexibility index (Phi) is 49.1. The monoisotopic (exact) mass is 899 g/mol. The molecule has 65 heavy (non-hydrogen) atoms. The molecule has 0 radical (unpaired) electrons. The van der Waals surface area contributed by atoms with Crippen molar-refractivity contribution in [3.05, 3.63) is 122 Å². The van der Waals surface area contributed by atoms with Crippen molar-refractivity contribution in [1.29, 1.82) is 0 Å². The van der Waals surface area contributed by atoms with Crippen molar-refractivity contribution in [3.8, 4) is 0 Å². The van der Waals surface area contributed by atoms with Gasteiger partial charge in [0.15, 0.2) is 6.10 Å². The number of allylic oxidation sites excluding steroid dienone is 20. The third-order valence-electron chi connectivity index (χ3n) is 10.6. The fraction of sp³-hybridized carbons (Fsp3) is 0.610. The minimum absolute atomic E-state index is 0.106. The summed E-state index contributed by atoms with van der Waals surface area (Å²) in [5, 5.41) is 0. The topological polar surface area (TPSA) is 78.9 Å². The number of hydrogen-bond donors (Lipinski definition) is 0. The molecular formula is C59H94O6. The first kappa shape index (κ1) is 60.8. The third-order valence-corrected chi connectivity index (χ3v) is 10.6. The van der Waals surface area contributed by atoms with Gasteiger partial charge in [0.1, 0.15) is 13.2 Å². The van der Waals surface area contributed by atoms with E-state index in [0.29, 0.717) is 12.8 Å². The van der Waals surface area contributed by atoms with E-state index in [2.05, 4.69) is 81.5 Å². The smallest absolute Gasteiger partial charge is 0.306 e. The highest BCUT2D eigenvalue weighted by Crippen LogP contribution is 2.14. The molecule has 0 bridgehead atoms. The molecule has 0 aromatic heterocycles. The average Bonchev–Trinajstić information content (AvgIpc) is 3.30. The number of esters is 3. The minimum Gasteiger partial charge on any atom is -0.462 e. The Morgan fingerprint density at radius 2 is 0.600 bits per heavy atom. The van der Waals surface area contributed by atoms with E-state index in [4.69, 9.17) is 14.2 Å². The van der Waals surface area contributed by atoms with Gasteiger partial charge >= 0.3 is 17.9 Å². The first-order valence-electron chi connectivity index (χ1n) is 26.2.